The van der Waals surface area contributed by atoms with E-state index in [0.717, 1.165) is 50.0 Å². The first kappa shape index (κ1) is 27.8. The van der Waals surface area contributed by atoms with Crippen molar-refractivity contribution in [2.45, 2.75) is 84.1 Å². The molecule has 0 radical (unpaired) electrons. The molecule has 1 heterocycles. The van der Waals surface area contributed by atoms with Crippen LogP contribution in [0.1, 0.15) is 83.3 Å². The van der Waals surface area contributed by atoms with E-state index in [9.17, 15) is 10.1 Å². The smallest absolute Gasteiger partial charge is 0.226 e. The Bertz CT molecular complexity index is 981. The number of hydrogen-bond acceptors (Lipinski definition) is 3. The summed E-state index contributed by atoms with van der Waals surface area (Å²) in [6, 6.07) is 21.4. The van der Waals surface area contributed by atoms with Crippen molar-refractivity contribution in [1.29, 1.82) is 5.26 Å². The molecule has 3 unspecified atom stereocenters. The molecule has 1 fully saturated rings. The fraction of sp³-hybridized carbons (Fsp3) is 0.562. The summed E-state index contributed by atoms with van der Waals surface area (Å²) >= 11 is 0. The van der Waals surface area contributed by atoms with Gasteiger partial charge < -0.3 is 9.64 Å². The van der Waals surface area contributed by atoms with Gasteiger partial charge in [-0.3, -0.25) is 4.79 Å². The zero-order valence-electron chi connectivity index (χ0n) is 22.7. The van der Waals surface area contributed by atoms with Crippen molar-refractivity contribution in [2.24, 2.45) is 17.8 Å². The van der Waals surface area contributed by atoms with Gasteiger partial charge in [0.15, 0.2) is 0 Å². The second kappa shape index (κ2) is 13.5. The number of nitrogens with zero attached hydrogens (tertiary/aromatic N) is 2. The van der Waals surface area contributed by atoms with E-state index in [1.807, 2.05) is 36.1 Å². The lowest BCUT2D eigenvalue weighted by molar-refractivity contribution is -0.137. The number of ether oxygens (including phenoxy) is 1. The van der Waals surface area contributed by atoms with E-state index in [0.29, 0.717) is 18.9 Å². The monoisotopic (exact) mass is 488 g/mol. The number of benzene rings is 2. The van der Waals surface area contributed by atoms with Gasteiger partial charge in [-0.05, 0) is 72.6 Å². The Morgan fingerprint density at radius 2 is 1.81 bits per heavy atom. The number of amides is 1. The molecule has 0 bridgehead atoms. The molecule has 1 aliphatic rings. The first-order chi connectivity index (χ1) is 17.4. The van der Waals surface area contributed by atoms with Crippen molar-refractivity contribution in [2.75, 3.05) is 13.7 Å². The zero-order valence-corrected chi connectivity index (χ0v) is 22.7. The van der Waals surface area contributed by atoms with Gasteiger partial charge in [-0.2, -0.15) is 5.26 Å². The van der Waals surface area contributed by atoms with Crippen molar-refractivity contribution < 1.29 is 9.53 Å². The molecule has 0 aliphatic carbocycles. The summed E-state index contributed by atoms with van der Waals surface area (Å²) in [6.45, 7) is 8.02. The van der Waals surface area contributed by atoms with Crippen LogP contribution >= 0.6 is 0 Å². The van der Waals surface area contributed by atoms with Crippen molar-refractivity contribution >= 4 is 5.91 Å². The van der Waals surface area contributed by atoms with E-state index in [-0.39, 0.29) is 23.2 Å². The number of carbonyl (C=O) groups is 1. The Balaban J connectivity index is 1.93. The van der Waals surface area contributed by atoms with Crippen LogP contribution in [0, 0.1) is 29.1 Å². The molecule has 1 aliphatic heterocycles. The van der Waals surface area contributed by atoms with Gasteiger partial charge in [-0.1, -0.05) is 76.1 Å². The maximum atomic E-state index is 13.7. The third kappa shape index (κ3) is 7.12. The van der Waals surface area contributed by atoms with E-state index in [4.69, 9.17) is 4.74 Å². The van der Waals surface area contributed by atoms with E-state index in [1.165, 1.54) is 18.4 Å². The van der Waals surface area contributed by atoms with E-state index < -0.39 is 0 Å². The summed E-state index contributed by atoms with van der Waals surface area (Å²) in [5.41, 5.74) is 2.65. The largest absolute Gasteiger partial charge is 0.497 e. The van der Waals surface area contributed by atoms with Crippen LogP contribution in [0.15, 0.2) is 54.6 Å². The Labute approximate surface area is 218 Å². The highest BCUT2D eigenvalue weighted by Crippen LogP contribution is 2.42. The van der Waals surface area contributed by atoms with Crippen LogP contribution in [-0.2, 0) is 16.8 Å². The normalized spacial score (nSPS) is 24.4. The van der Waals surface area contributed by atoms with E-state index >= 15 is 0 Å². The molecule has 3 rings (SSSR count). The van der Waals surface area contributed by atoms with Crippen LogP contribution in [0.25, 0.3) is 0 Å². The molecule has 2 aromatic carbocycles. The Morgan fingerprint density at radius 3 is 2.44 bits per heavy atom. The summed E-state index contributed by atoms with van der Waals surface area (Å²) in [4.78, 5) is 15.8. The third-order valence-electron chi connectivity index (χ3n) is 8.43. The molecule has 194 valence electrons. The molecule has 0 aromatic heterocycles. The summed E-state index contributed by atoms with van der Waals surface area (Å²) in [5.74, 6) is 1.58. The average Bonchev–Trinajstić information content (AvgIpc) is 2.93. The van der Waals surface area contributed by atoms with Gasteiger partial charge in [0.25, 0.3) is 0 Å². The van der Waals surface area contributed by atoms with Crippen LogP contribution < -0.4 is 4.74 Å². The van der Waals surface area contributed by atoms with Crippen LogP contribution in [0.3, 0.4) is 0 Å². The number of hydrogen-bond donors (Lipinski definition) is 0. The van der Waals surface area contributed by atoms with Gasteiger partial charge in [0.1, 0.15) is 5.75 Å². The fourth-order valence-electron chi connectivity index (χ4n) is 6.00. The number of carbonyl (C=O) groups excluding carboxylic acids is 1. The second-order valence-corrected chi connectivity index (χ2v) is 10.9. The van der Waals surface area contributed by atoms with Gasteiger partial charge >= 0.3 is 0 Å². The molecule has 4 heteroatoms. The molecule has 0 saturated carbocycles. The third-order valence-corrected chi connectivity index (χ3v) is 8.43. The summed E-state index contributed by atoms with van der Waals surface area (Å²) in [5, 5.41) is 9.56. The standard InChI is InChI=1S/C32H44N2O2/c1-5-25(2)23-32(29-12-7-6-8-13-29)19-9-11-28(18-21-33)26(3)31(35)34(22-10-20-32)24-27-14-16-30(36-4)17-15-27/h6-8,12-17,25-26,28H,5,9-11,18-20,22-24H2,1-4H3/t25?,26?,28?,32-/m0/s1. The molecule has 4 nitrogen and oxygen atoms in total. The highest BCUT2D eigenvalue weighted by atomic mass is 16.5. The van der Waals surface area contributed by atoms with Crippen molar-refractivity contribution in [1.82, 2.24) is 4.90 Å². The minimum atomic E-state index is -0.151. The number of rotatable bonds is 8. The van der Waals surface area contributed by atoms with Gasteiger partial charge in [-0.25, -0.2) is 0 Å². The molecule has 0 N–H and O–H groups in total. The van der Waals surface area contributed by atoms with Crippen LogP contribution in [-0.4, -0.2) is 24.5 Å². The topological polar surface area (TPSA) is 53.3 Å². The lowest BCUT2D eigenvalue weighted by Gasteiger charge is -2.38. The summed E-state index contributed by atoms with van der Waals surface area (Å²) in [7, 11) is 1.67. The van der Waals surface area contributed by atoms with Gasteiger partial charge in [0.05, 0.1) is 13.2 Å². The molecule has 0 spiro atoms. The molecule has 1 amide bonds. The predicted octanol–water partition coefficient (Wildman–Crippen LogP) is 7.53. The lowest BCUT2D eigenvalue weighted by atomic mass is 9.67. The first-order valence-electron chi connectivity index (χ1n) is 13.8. The van der Waals surface area contributed by atoms with Crippen LogP contribution in [0.5, 0.6) is 5.75 Å². The van der Waals surface area contributed by atoms with Gasteiger partial charge in [0.2, 0.25) is 5.91 Å². The van der Waals surface area contributed by atoms with Crippen LogP contribution in [0.2, 0.25) is 0 Å². The summed E-state index contributed by atoms with van der Waals surface area (Å²) in [6.07, 6.45) is 7.91. The minimum Gasteiger partial charge on any atom is -0.497 e. The van der Waals surface area contributed by atoms with Crippen LogP contribution in [0.4, 0.5) is 0 Å². The first-order valence-corrected chi connectivity index (χ1v) is 13.8. The Kier molecular flexibility index (Phi) is 10.4. The molecule has 2 aromatic rings. The zero-order chi connectivity index (χ0) is 26.0. The molecule has 1 saturated heterocycles. The number of methoxy groups -OCH3 is 1. The molecule has 4 atom stereocenters. The SMILES string of the molecule is CCC(C)C[C@]1(c2ccccc2)CCCC(CC#N)C(C)C(=O)N(Cc2ccc(OC)cc2)CCC1. The Morgan fingerprint density at radius 1 is 1.11 bits per heavy atom. The van der Waals surface area contributed by atoms with Crippen molar-refractivity contribution in [3.05, 3.63) is 65.7 Å². The predicted molar refractivity (Wildman–Crippen MR) is 147 cm³/mol. The molecular weight excluding hydrogens is 444 g/mol. The highest BCUT2D eigenvalue weighted by molar-refractivity contribution is 5.78. The Hall–Kier alpha value is -2.80. The lowest BCUT2D eigenvalue weighted by Crippen LogP contribution is -2.38. The highest BCUT2D eigenvalue weighted by Gasteiger charge is 2.35. The minimum absolute atomic E-state index is 0.0936. The van der Waals surface area contributed by atoms with Crippen molar-refractivity contribution in [3.8, 4) is 11.8 Å². The van der Waals surface area contributed by atoms with E-state index in [2.05, 4.69) is 50.2 Å². The van der Waals surface area contributed by atoms with Gasteiger partial charge in [0, 0.05) is 25.4 Å². The van der Waals surface area contributed by atoms with E-state index in [1.54, 1.807) is 7.11 Å². The molecular formula is C32H44N2O2. The van der Waals surface area contributed by atoms with Gasteiger partial charge in [-0.15, -0.1) is 0 Å². The second-order valence-electron chi connectivity index (χ2n) is 10.9. The number of nitriles is 1. The quantitative estimate of drug-likeness (QED) is 0.386. The van der Waals surface area contributed by atoms with Crippen molar-refractivity contribution in [3.63, 3.8) is 0 Å². The maximum Gasteiger partial charge on any atom is 0.226 e. The maximum absolute atomic E-state index is 13.7. The summed E-state index contributed by atoms with van der Waals surface area (Å²) < 4.78 is 5.31. The average molecular weight is 489 g/mol. The molecule has 36 heavy (non-hydrogen) atoms. The fourth-order valence-corrected chi connectivity index (χ4v) is 6.00.